The van der Waals surface area contributed by atoms with Crippen LogP contribution >= 0.6 is 0 Å². The highest BCUT2D eigenvalue weighted by molar-refractivity contribution is 6.36. The quantitative estimate of drug-likeness (QED) is 0.551. The van der Waals surface area contributed by atoms with Crippen molar-refractivity contribution in [3.63, 3.8) is 0 Å². The third kappa shape index (κ3) is 5.26. The molecule has 0 aromatic heterocycles. The Balaban J connectivity index is 1.74. The van der Waals surface area contributed by atoms with Gasteiger partial charge in [-0.3, -0.25) is 4.79 Å². The summed E-state index contributed by atoms with van der Waals surface area (Å²) in [6, 6.07) is 8.95. The van der Waals surface area contributed by atoms with Crippen molar-refractivity contribution in [2.45, 2.75) is 52.1 Å². The van der Waals surface area contributed by atoms with Crippen molar-refractivity contribution in [1.82, 2.24) is 5.32 Å². The number of hydrogen-bond donors (Lipinski definition) is 4. The van der Waals surface area contributed by atoms with Gasteiger partial charge in [0.25, 0.3) is 0 Å². The van der Waals surface area contributed by atoms with E-state index in [2.05, 4.69) is 10.6 Å². The van der Waals surface area contributed by atoms with E-state index < -0.39 is 11.9 Å². The summed E-state index contributed by atoms with van der Waals surface area (Å²) >= 11 is 0. The van der Waals surface area contributed by atoms with E-state index in [-0.39, 0.29) is 5.75 Å². The number of rotatable bonds is 6. The molecule has 1 aliphatic rings. The summed E-state index contributed by atoms with van der Waals surface area (Å²) in [4.78, 5) is 22.1. The summed E-state index contributed by atoms with van der Waals surface area (Å²) in [5, 5.41) is 24.7. The van der Waals surface area contributed by atoms with Crippen molar-refractivity contribution in [3.05, 3.63) is 47.0 Å². The van der Waals surface area contributed by atoms with Gasteiger partial charge in [0.05, 0.1) is 0 Å². The number of carbonyl (C=O) groups excluding carboxylic acids is 1. The molecule has 2 aromatic rings. The van der Waals surface area contributed by atoms with Crippen molar-refractivity contribution in [2.75, 3.05) is 5.32 Å². The second-order valence-electron chi connectivity index (χ2n) is 7.45. The zero-order valence-electron chi connectivity index (χ0n) is 16.6. The molecule has 0 aliphatic heterocycles. The maximum atomic E-state index is 11.4. The van der Waals surface area contributed by atoms with E-state index in [9.17, 15) is 14.7 Å². The fraction of sp³-hybridized carbons (Fsp3) is 0.364. The highest BCUT2D eigenvalue weighted by Gasteiger charge is 2.16. The number of aryl methyl sites for hydroxylation is 2. The van der Waals surface area contributed by atoms with Gasteiger partial charge in [0.2, 0.25) is 0 Å². The molecule has 0 unspecified atom stereocenters. The predicted molar refractivity (Wildman–Crippen MR) is 109 cm³/mol. The molecule has 1 amide bonds. The summed E-state index contributed by atoms with van der Waals surface area (Å²) in [6.45, 7) is 4.22. The standard InChI is InChI=1S/C22H26N2O5/c1-13-9-17(24-21(26)22(27)28)10-14(2)20(13)29-18-7-8-19(25)15(11-18)12-23-16-5-3-4-6-16/h7-11,16,23,25H,3-6,12H2,1-2H3,(H,24,26)(H,27,28). The van der Waals surface area contributed by atoms with Crippen LogP contribution in [0.25, 0.3) is 0 Å². The lowest BCUT2D eigenvalue weighted by Gasteiger charge is -2.16. The lowest BCUT2D eigenvalue weighted by Crippen LogP contribution is -2.25. The van der Waals surface area contributed by atoms with Crippen LogP contribution in [0.2, 0.25) is 0 Å². The van der Waals surface area contributed by atoms with E-state index in [0.717, 1.165) is 16.7 Å². The van der Waals surface area contributed by atoms with Crippen LogP contribution in [0.1, 0.15) is 42.4 Å². The minimum absolute atomic E-state index is 0.225. The second kappa shape index (κ2) is 8.96. The van der Waals surface area contributed by atoms with Crippen LogP contribution in [-0.2, 0) is 16.1 Å². The Morgan fingerprint density at radius 3 is 2.38 bits per heavy atom. The van der Waals surface area contributed by atoms with Crippen molar-refractivity contribution in [1.29, 1.82) is 0 Å². The number of benzene rings is 2. The van der Waals surface area contributed by atoms with Gasteiger partial charge in [-0.15, -0.1) is 0 Å². The Hall–Kier alpha value is -3.06. The summed E-state index contributed by atoms with van der Waals surface area (Å²) in [5.74, 6) is -1.18. The van der Waals surface area contributed by atoms with Crippen LogP contribution in [0, 0.1) is 13.8 Å². The number of carboxylic acid groups (broad SMARTS) is 1. The number of nitrogens with one attached hydrogen (secondary N) is 2. The van der Waals surface area contributed by atoms with E-state index in [1.165, 1.54) is 25.7 Å². The number of phenols is 1. The number of hydrogen-bond acceptors (Lipinski definition) is 5. The zero-order chi connectivity index (χ0) is 21.0. The minimum atomic E-state index is -1.54. The van der Waals surface area contributed by atoms with E-state index >= 15 is 0 Å². The predicted octanol–water partition coefficient (Wildman–Crippen LogP) is 3.86. The molecule has 0 radical (unpaired) electrons. The molecule has 154 valence electrons. The maximum absolute atomic E-state index is 11.4. The highest BCUT2D eigenvalue weighted by atomic mass is 16.5. The van der Waals surface area contributed by atoms with Crippen LogP contribution in [0.3, 0.4) is 0 Å². The average Bonchev–Trinajstić information content (AvgIpc) is 3.18. The zero-order valence-corrected chi connectivity index (χ0v) is 16.6. The Morgan fingerprint density at radius 1 is 1.10 bits per heavy atom. The van der Waals surface area contributed by atoms with E-state index in [4.69, 9.17) is 9.84 Å². The van der Waals surface area contributed by atoms with Crippen molar-refractivity contribution in [2.24, 2.45) is 0 Å². The topological polar surface area (TPSA) is 108 Å². The first-order chi connectivity index (χ1) is 13.8. The van der Waals surface area contributed by atoms with Gasteiger partial charge in [0.15, 0.2) is 0 Å². The van der Waals surface area contributed by atoms with Gasteiger partial charge in [0.1, 0.15) is 17.2 Å². The highest BCUT2D eigenvalue weighted by Crippen LogP contribution is 2.33. The number of carboxylic acids is 1. The van der Waals surface area contributed by atoms with Gasteiger partial charge >= 0.3 is 11.9 Å². The lowest BCUT2D eigenvalue weighted by atomic mass is 10.1. The molecule has 0 atom stereocenters. The molecule has 3 rings (SSSR count). The van der Waals surface area contributed by atoms with Gasteiger partial charge in [-0.05, 0) is 68.1 Å². The third-order valence-corrected chi connectivity index (χ3v) is 5.12. The van der Waals surface area contributed by atoms with Crippen LogP contribution in [0.15, 0.2) is 30.3 Å². The molecule has 0 heterocycles. The molecule has 7 nitrogen and oxygen atoms in total. The molecular weight excluding hydrogens is 372 g/mol. The number of amides is 1. The van der Waals surface area contributed by atoms with Crippen molar-refractivity contribution in [3.8, 4) is 17.2 Å². The molecule has 1 saturated carbocycles. The monoisotopic (exact) mass is 398 g/mol. The normalized spacial score (nSPS) is 14.0. The summed E-state index contributed by atoms with van der Waals surface area (Å²) in [5.41, 5.74) is 2.68. The van der Waals surface area contributed by atoms with Crippen molar-refractivity contribution < 1.29 is 24.5 Å². The SMILES string of the molecule is Cc1cc(NC(=O)C(=O)O)cc(C)c1Oc1ccc(O)c(CNC2CCCC2)c1. The minimum Gasteiger partial charge on any atom is -0.508 e. The van der Waals surface area contributed by atoms with Crippen LogP contribution in [0.5, 0.6) is 17.2 Å². The van der Waals surface area contributed by atoms with Crippen LogP contribution in [0.4, 0.5) is 5.69 Å². The van der Waals surface area contributed by atoms with E-state index in [1.807, 2.05) is 19.9 Å². The molecule has 4 N–H and O–H groups in total. The average molecular weight is 398 g/mol. The first kappa shape index (κ1) is 20.7. The Bertz CT molecular complexity index is 896. The lowest BCUT2D eigenvalue weighted by molar-refractivity contribution is -0.147. The third-order valence-electron chi connectivity index (χ3n) is 5.12. The van der Waals surface area contributed by atoms with Gasteiger partial charge in [0, 0.05) is 23.8 Å². The Kier molecular flexibility index (Phi) is 6.39. The number of ether oxygens (including phenoxy) is 1. The van der Waals surface area contributed by atoms with Gasteiger partial charge < -0.3 is 25.6 Å². The molecule has 1 fully saturated rings. The van der Waals surface area contributed by atoms with E-state index in [1.54, 1.807) is 24.3 Å². The van der Waals surface area contributed by atoms with E-state index in [0.29, 0.717) is 29.8 Å². The molecule has 1 aliphatic carbocycles. The molecule has 7 heteroatoms. The molecule has 0 saturated heterocycles. The van der Waals surface area contributed by atoms with Gasteiger partial charge in [-0.2, -0.15) is 0 Å². The number of anilines is 1. The second-order valence-corrected chi connectivity index (χ2v) is 7.45. The van der Waals surface area contributed by atoms with Crippen molar-refractivity contribution >= 4 is 17.6 Å². The summed E-state index contributed by atoms with van der Waals surface area (Å²) in [7, 11) is 0. The molecule has 29 heavy (non-hydrogen) atoms. The number of aromatic hydroxyl groups is 1. The Morgan fingerprint density at radius 2 is 1.76 bits per heavy atom. The maximum Gasteiger partial charge on any atom is 0.394 e. The van der Waals surface area contributed by atoms with Gasteiger partial charge in [-0.1, -0.05) is 12.8 Å². The first-order valence-corrected chi connectivity index (χ1v) is 9.72. The molecular formula is C22H26N2O5. The molecule has 0 bridgehead atoms. The number of aliphatic carboxylic acids is 1. The first-order valence-electron chi connectivity index (χ1n) is 9.72. The number of carbonyl (C=O) groups is 2. The Labute approximate surface area is 169 Å². The number of phenolic OH excluding ortho intramolecular Hbond substituents is 1. The fourth-order valence-corrected chi connectivity index (χ4v) is 3.64. The van der Waals surface area contributed by atoms with Crippen LogP contribution < -0.4 is 15.4 Å². The molecule has 0 spiro atoms. The summed E-state index contributed by atoms with van der Waals surface area (Å²) < 4.78 is 6.05. The largest absolute Gasteiger partial charge is 0.508 e. The fourth-order valence-electron chi connectivity index (χ4n) is 3.64. The molecule has 2 aromatic carbocycles. The smallest absolute Gasteiger partial charge is 0.394 e. The van der Waals surface area contributed by atoms with Gasteiger partial charge in [-0.25, -0.2) is 4.79 Å². The summed E-state index contributed by atoms with van der Waals surface area (Å²) in [6.07, 6.45) is 4.82. The van der Waals surface area contributed by atoms with Crippen LogP contribution in [-0.4, -0.2) is 28.1 Å².